The smallest absolute Gasteiger partial charge is 0.0165 e. The van der Waals surface area contributed by atoms with E-state index in [1.54, 1.807) is 0 Å². The summed E-state index contributed by atoms with van der Waals surface area (Å²) in [4.78, 5) is 0. The second-order valence-corrected chi connectivity index (χ2v) is 4.93. The first-order chi connectivity index (χ1) is 7.15. The van der Waals surface area contributed by atoms with Gasteiger partial charge in [0.1, 0.15) is 0 Å². The van der Waals surface area contributed by atoms with Crippen LogP contribution in [-0.4, -0.2) is 0 Å². The lowest BCUT2D eigenvalue weighted by atomic mass is 9.83. The molecule has 1 aromatic carbocycles. The fraction of sp³-hybridized carbons (Fsp3) is 0.600. The highest BCUT2D eigenvalue weighted by atomic mass is 14.2. The van der Waals surface area contributed by atoms with E-state index in [9.17, 15) is 0 Å². The average Bonchev–Trinajstić information content (AvgIpc) is 2.29. The molecule has 0 heterocycles. The predicted molar refractivity (Wildman–Crippen MR) is 68.1 cm³/mol. The monoisotopic (exact) mass is 204 g/mol. The first-order valence-electron chi connectivity index (χ1n) is 6.20. The van der Waals surface area contributed by atoms with Gasteiger partial charge in [-0.2, -0.15) is 0 Å². The van der Waals surface area contributed by atoms with Gasteiger partial charge in [-0.3, -0.25) is 0 Å². The number of benzene rings is 1. The molecule has 0 N–H and O–H groups in total. The van der Waals surface area contributed by atoms with Crippen molar-refractivity contribution in [2.45, 2.75) is 46.5 Å². The van der Waals surface area contributed by atoms with Crippen molar-refractivity contribution >= 4 is 0 Å². The topological polar surface area (TPSA) is 0 Å². The van der Waals surface area contributed by atoms with Gasteiger partial charge in [0.25, 0.3) is 0 Å². The molecule has 0 bridgehead atoms. The lowest BCUT2D eigenvalue weighted by molar-refractivity contribution is 0.365. The lowest BCUT2D eigenvalue weighted by Crippen LogP contribution is -2.10. The molecule has 3 atom stereocenters. The van der Waals surface area contributed by atoms with Gasteiger partial charge in [-0.05, 0) is 29.7 Å². The molecular formula is C15H24. The van der Waals surface area contributed by atoms with Crippen molar-refractivity contribution in [1.29, 1.82) is 0 Å². The van der Waals surface area contributed by atoms with Crippen LogP contribution in [0.2, 0.25) is 0 Å². The molecule has 0 aliphatic rings. The van der Waals surface area contributed by atoms with Crippen LogP contribution in [0, 0.1) is 11.8 Å². The molecule has 0 fully saturated rings. The molecule has 0 spiro atoms. The van der Waals surface area contributed by atoms with Crippen molar-refractivity contribution in [3.8, 4) is 0 Å². The summed E-state index contributed by atoms with van der Waals surface area (Å²) < 4.78 is 0. The van der Waals surface area contributed by atoms with Crippen molar-refractivity contribution in [1.82, 2.24) is 0 Å². The molecule has 0 aliphatic carbocycles. The van der Waals surface area contributed by atoms with E-state index in [4.69, 9.17) is 0 Å². The van der Waals surface area contributed by atoms with Crippen LogP contribution < -0.4 is 0 Å². The molecule has 3 unspecified atom stereocenters. The van der Waals surface area contributed by atoms with Crippen molar-refractivity contribution in [2.75, 3.05) is 0 Å². The Kier molecular flexibility index (Phi) is 4.87. The Balaban J connectivity index is 2.57. The van der Waals surface area contributed by atoms with Crippen LogP contribution in [0.3, 0.4) is 0 Å². The molecule has 84 valence electrons. The highest BCUT2D eigenvalue weighted by Gasteiger charge is 2.15. The zero-order chi connectivity index (χ0) is 11.3. The van der Waals surface area contributed by atoms with E-state index in [-0.39, 0.29) is 0 Å². The van der Waals surface area contributed by atoms with Crippen LogP contribution in [-0.2, 0) is 0 Å². The van der Waals surface area contributed by atoms with E-state index in [1.165, 1.54) is 18.4 Å². The highest BCUT2D eigenvalue weighted by molar-refractivity contribution is 5.19. The van der Waals surface area contributed by atoms with E-state index in [0.29, 0.717) is 5.92 Å². The van der Waals surface area contributed by atoms with E-state index in [0.717, 1.165) is 11.8 Å². The lowest BCUT2D eigenvalue weighted by Gasteiger charge is -2.23. The van der Waals surface area contributed by atoms with Crippen LogP contribution >= 0.6 is 0 Å². The zero-order valence-electron chi connectivity index (χ0n) is 10.5. The quantitative estimate of drug-likeness (QED) is 0.642. The fourth-order valence-electron chi connectivity index (χ4n) is 2.09. The second-order valence-electron chi connectivity index (χ2n) is 4.93. The average molecular weight is 204 g/mol. The highest BCUT2D eigenvalue weighted by Crippen LogP contribution is 2.29. The molecule has 0 saturated carbocycles. The Morgan fingerprint density at radius 2 is 1.60 bits per heavy atom. The molecule has 15 heavy (non-hydrogen) atoms. The summed E-state index contributed by atoms with van der Waals surface area (Å²) in [5.74, 6) is 2.31. The maximum atomic E-state index is 2.38. The molecule has 0 amide bonds. The van der Waals surface area contributed by atoms with Gasteiger partial charge >= 0.3 is 0 Å². The molecular weight excluding hydrogens is 180 g/mol. The largest absolute Gasteiger partial charge is 0.0651 e. The van der Waals surface area contributed by atoms with Gasteiger partial charge in [0.05, 0.1) is 0 Å². The SMILES string of the molecule is CCC(C)CC(C)C(C)c1ccccc1. The van der Waals surface area contributed by atoms with Gasteiger partial charge in [0, 0.05) is 0 Å². The minimum atomic E-state index is 0.681. The molecule has 0 nitrogen and oxygen atoms in total. The van der Waals surface area contributed by atoms with Gasteiger partial charge in [0.2, 0.25) is 0 Å². The summed E-state index contributed by atoms with van der Waals surface area (Å²) in [6, 6.07) is 10.9. The third-order valence-corrected chi connectivity index (χ3v) is 3.65. The number of hydrogen-bond donors (Lipinski definition) is 0. The zero-order valence-corrected chi connectivity index (χ0v) is 10.5. The molecule has 1 aromatic rings. The molecule has 0 radical (unpaired) electrons. The Morgan fingerprint density at radius 3 is 2.13 bits per heavy atom. The van der Waals surface area contributed by atoms with E-state index in [2.05, 4.69) is 58.0 Å². The van der Waals surface area contributed by atoms with Gasteiger partial charge < -0.3 is 0 Å². The van der Waals surface area contributed by atoms with Crippen LogP contribution in [0.25, 0.3) is 0 Å². The first kappa shape index (κ1) is 12.3. The van der Waals surface area contributed by atoms with Crippen LogP contribution in [0.15, 0.2) is 30.3 Å². The molecule has 1 rings (SSSR count). The second kappa shape index (κ2) is 5.95. The van der Waals surface area contributed by atoms with E-state index in [1.807, 2.05) is 0 Å². The molecule has 0 saturated heterocycles. The first-order valence-corrected chi connectivity index (χ1v) is 6.20. The van der Waals surface area contributed by atoms with Gasteiger partial charge in [0.15, 0.2) is 0 Å². The minimum absolute atomic E-state index is 0.681. The Bertz CT molecular complexity index is 263. The molecule has 0 aromatic heterocycles. The van der Waals surface area contributed by atoms with Crippen LogP contribution in [0.4, 0.5) is 0 Å². The Hall–Kier alpha value is -0.780. The molecule has 0 aliphatic heterocycles. The van der Waals surface area contributed by atoms with Crippen molar-refractivity contribution in [2.24, 2.45) is 11.8 Å². The minimum Gasteiger partial charge on any atom is -0.0651 e. The predicted octanol–water partition coefficient (Wildman–Crippen LogP) is 4.86. The summed E-state index contributed by atoms with van der Waals surface area (Å²) >= 11 is 0. The summed E-state index contributed by atoms with van der Waals surface area (Å²) in [5, 5.41) is 0. The summed E-state index contributed by atoms with van der Waals surface area (Å²) in [5.41, 5.74) is 1.48. The fourth-order valence-corrected chi connectivity index (χ4v) is 2.09. The number of rotatable bonds is 5. The summed E-state index contributed by atoms with van der Waals surface area (Å²) in [6.07, 6.45) is 2.64. The molecule has 0 heteroatoms. The third kappa shape index (κ3) is 3.70. The van der Waals surface area contributed by atoms with E-state index < -0.39 is 0 Å². The van der Waals surface area contributed by atoms with Gasteiger partial charge in [-0.25, -0.2) is 0 Å². The van der Waals surface area contributed by atoms with Crippen molar-refractivity contribution < 1.29 is 0 Å². The Morgan fingerprint density at radius 1 is 1.00 bits per heavy atom. The normalized spacial score (nSPS) is 17.1. The van der Waals surface area contributed by atoms with E-state index >= 15 is 0 Å². The third-order valence-electron chi connectivity index (χ3n) is 3.65. The van der Waals surface area contributed by atoms with Crippen molar-refractivity contribution in [3.05, 3.63) is 35.9 Å². The maximum Gasteiger partial charge on any atom is -0.0165 e. The van der Waals surface area contributed by atoms with Gasteiger partial charge in [-0.15, -0.1) is 0 Å². The van der Waals surface area contributed by atoms with Crippen LogP contribution in [0.5, 0.6) is 0 Å². The van der Waals surface area contributed by atoms with Gasteiger partial charge in [-0.1, -0.05) is 64.4 Å². The Labute approximate surface area is 94.7 Å². The van der Waals surface area contributed by atoms with Crippen LogP contribution in [0.1, 0.15) is 52.0 Å². The number of hydrogen-bond acceptors (Lipinski definition) is 0. The standard InChI is InChI=1S/C15H24/c1-5-12(2)11-13(3)14(4)15-9-7-6-8-10-15/h6-10,12-14H,5,11H2,1-4H3. The van der Waals surface area contributed by atoms with Crippen molar-refractivity contribution in [3.63, 3.8) is 0 Å². The maximum absolute atomic E-state index is 2.38. The summed E-state index contributed by atoms with van der Waals surface area (Å²) in [7, 11) is 0. The summed E-state index contributed by atoms with van der Waals surface area (Å²) in [6.45, 7) is 9.37.